The molecule has 3 aromatic carbocycles. The standard InChI is InChI=1S/C24H17NO4/c1-29-24(28)18-12-13-21-19(14-18)20(22(26)16-8-4-2-5-9-16)15-25(21)23(27)17-10-6-3-7-11-17/h2-15H,1H3. The molecule has 0 saturated carbocycles. The molecule has 4 aromatic rings. The fraction of sp³-hybridized carbons (Fsp3) is 0.0417. The van der Waals surface area contributed by atoms with Crippen molar-refractivity contribution >= 4 is 28.6 Å². The molecule has 0 unspecified atom stereocenters. The second kappa shape index (κ2) is 7.56. The molecule has 0 atom stereocenters. The summed E-state index contributed by atoms with van der Waals surface area (Å²) >= 11 is 0. The van der Waals surface area contributed by atoms with E-state index in [1.165, 1.54) is 17.9 Å². The van der Waals surface area contributed by atoms with Crippen molar-refractivity contribution in [3.05, 3.63) is 107 Å². The molecule has 29 heavy (non-hydrogen) atoms. The number of benzene rings is 3. The Labute approximate surface area is 167 Å². The zero-order valence-electron chi connectivity index (χ0n) is 15.7. The van der Waals surface area contributed by atoms with Crippen LogP contribution in [0.1, 0.15) is 36.6 Å². The number of nitrogens with zero attached hydrogens (tertiary/aromatic N) is 1. The molecule has 0 fully saturated rings. The van der Waals surface area contributed by atoms with Gasteiger partial charge in [0.1, 0.15) is 0 Å². The van der Waals surface area contributed by atoms with Gasteiger partial charge in [-0.3, -0.25) is 14.2 Å². The largest absolute Gasteiger partial charge is 0.465 e. The van der Waals surface area contributed by atoms with Crippen molar-refractivity contribution in [2.24, 2.45) is 0 Å². The molecular weight excluding hydrogens is 366 g/mol. The van der Waals surface area contributed by atoms with Crippen molar-refractivity contribution in [1.29, 1.82) is 0 Å². The van der Waals surface area contributed by atoms with E-state index in [2.05, 4.69) is 0 Å². The van der Waals surface area contributed by atoms with Gasteiger partial charge in [-0.05, 0) is 30.3 Å². The lowest BCUT2D eigenvalue weighted by Gasteiger charge is -2.05. The average molecular weight is 383 g/mol. The van der Waals surface area contributed by atoms with Crippen LogP contribution >= 0.6 is 0 Å². The topological polar surface area (TPSA) is 65.4 Å². The lowest BCUT2D eigenvalue weighted by Crippen LogP contribution is -2.11. The molecule has 0 aliphatic carbocycles. The van der Waals surface area contributed by atoms with Crippen molar-refractivity contribution in [2.45, 2.75) is 0 Å². The van der Waals surface area contributed by atoms with E-state index in [4.69, 9.17) is 4.74 Å². The molecule has 1 heterocycles. The summed E-state index contributed by atoms with van der Waals surface area (Å²) in [5.41, 5.74) is 2.21. The molecule has 0 radical (unpaired) electrons. The fourth-order valence-corrected chi connectivity index (χ4v) is 3.29. The first kappa shape index (κ1) is 18.4. The van der Waals surface area contributed by atoms with Crippen LogP contribution in [0.15, 0.2) is 85.1 Å². The Morgan fingerprint density at radius 2 is 1.38 bits per heavy atom. The van der Waals surface area contributed by atoms with Crippen molar-refractivity contribution in [1.82, 2.24) is 4.57 Å². The van der Waals surface area contributed by atoms with Gasteiger partial charge < -0.3 is 4.74 Å². The van der Waals surface area contributed by atoms with Crippen molar-refractivity contribution in [3.63, 3.8) is 0 Å². The summed E-state index contributed by atoms with van der Waals surface area (Å²) in [6, 6.07) is 22.5. The summed E-state index contributed by atoms with van der Waals surface area (Å²) in [7, 11) is 1.30. The molecule has 0 aliphatic rings. The SMILES string of the molecule is COC(=O)c1ccc2c(c1)c(C(=O)c1ccccc1)cn2C(=O)c1ccccc1. The maximum atomic E-state index is 13.1. The average Bonchev–Trinajstić information content (AvgIpc) is 3.17. The molecule has 0 aliphatic heterocycles. The summed E-state index contributed by atoms with van der Waals surface area (Å²) in [4.78, 5) is 38.2. The number of aromatic nitrogens is 1. The van der Waals surface area contributed by atoms with Crippen LogP contribution in [0.3, 0.4) is 0 Å². The molecule has 0 spiro atoms. The minimum Gasteiger partial charge on any atom is -0.465 e. The Bertz CT molecular complexity index is 1220. The first-order chi connectivity index (χ1) is 14.1. The number of ketones is 1. The first-order valence-corrected chi connectivity index (χ1v) is 9.03. The van der Waals surface area contributed by atoms with Crippen LogP contribution in [0, 0.1) is 0 Å². The van der Waals surface area contributed by atoms with E-state index in [0.717, 1.165) is 0 Å². The quantitative estimate of drug-likeness (QED) is 0.388. The molecule has 0 saturated heterocycles. The van der Waals surface area contributed by atoms with Gasteiger partial charge in [0.05, 0.1) is 18.2 Å². The van der Waals surface area contributed by atoms with Crippen molar-refractivity contribution in [3.8, 4) is 0 Å². The van der Waals surface area contributed by atoms with Gasteiger partial charge in [0.25, 0.3) is 5.91 Å². The van der Waals surface area contributed by atoms with E-state index >= 15 is 0 Å². The molecule has 5 nitrogen and oxygen atoms in total. The Morgan fingerprint density at radius 3 is 2.00 bits per heavy atom. The molecule has 0 N–H and O–H groups in total. The third-order valence-electron chi connectivity index (χ3n) is 4.75. The number of hydrogen-bond acceptors (Lipinski definition) is 4. The number of rotatable bonds is 4. The summed E-state index contributed by atoms with van der Waals surface area (Å²) in [6.45, 7) is 0. The summed E-state index contributed by atoms with van der Waals surface area (Å²) in [5, 5.41) is 0.519. The number of carbonyl (C=O) groups excluding carboxylic acids is 3. The number of methoxy groups -OCH3 is 1. The minimum atomic E-state index is -0.507. The normalized spacial score (nSPS) is 10.7. The van der Waals surface area contributed by atoms with Gasteiger partial charge in [0, 0.05) is 28.3 Å². The monoisotopic (exact) mass is 383 g/mol. The summed E-state index contributed by atoms with van der Waals surface area (Å²) < 4.78 is 6.24. The molecule has 0 amide bonds. The van der Waals surface area contributed by atoms with Gasteiger partial charge in [-0.2, -0.15) is 0 Å². The highest BCUT2D eigenvalue weighted by molar-refractivity contribution is 6.19. The molecule has 4 rings (SSSR count). The van der Waals surface area contributed by atoms with E-state index in [0.29, 0.717) is 33.2 Å². The van der Waals surface area contributed by atoms with Gasteiger partial charge in [0.2, 0.25) is 0 Å². The second-order valence-electron chi connectivity index (χ2n) is 6.50. The highest BCUT2D eigenvalue weighted by Gasteiger charge is 2.21. The van der Waals surface area contributed by atoms with Crippen LogP contribution in [0.25, 0.3) is 10.9 Å². The molecular formula is C24H17NO4. The molecule has 0 bridgehead atoms. The highest BCUT2D eigenvalue weighted by Crippen LogP contribution is 2.26. The predicted octanol–water partition coefficient (Wildman–Crippen LogP) is 4.35. The maximum Gasteiger partial charge on any atom is 0.337 e. The van der Waals surface area contributed by atoms with Crippen LogP contribution < -0.4 is 0 Å². The van der Waals surface area contributed by atoms with Crippen LogP contribution in [-0.4, -0.2) is 29.3 Å². The second-order valence-corrected chi connectivity index (χ2v) is 6.50. The predicted molar refractivity (Wildman–Crippen MR) is 109 cm³/mol. The minimum absolute atomic E-state index is 0.225. The van der Waals surface area contributed by atoms with E-state index in [9.17, 15) is 14.4 Å². The van der Waals surface area contributed by atoms with Crippen molar-refractivity contribution in [2.75, 3.05) is 7.11 Å². The zero-order chi connectivity index (χ0) is 20.4. The molecule has 142 valence electrons. The first-order valence-electron chi connectivity index (χ1n) is 9.03. The van der Waals surface area contributed by atoms with Crippen LogP contribution in [-0.2, 0) is 4.74 Å². The van der Waals surface area contributed by atoms with Gasteiger partial charge >= 0.3 is 5.97 Å². The Balaban J connectivity index is 1.92. The lowest BCUT2D eigenvalue weighted by molar-refractivity contribution is 0.0600. The van der Waals surface area contributed by atoms with Gasteiger partial charge in [-0.15, -0.1) is 0 Å². The van der Waals surface area contributed by atoms with Crippen LogP contribution in [0.5, 0.6) is 0 Å². The van der Waals surface area contributed by atoms with E-state index in [1.807, 2.05) is 12.1 Å². The molecule has 1 aromatic heterocycles. The Hall–Kier alpha value is -3.99. The number of fused-ring (bicyclic) bond motifs is 1. The Kier molecular flexibility index (Phi) is 4.79. The number of ether oxygens (including phenoxy) is 1. The number of carbonyl (C=O) groups is 3. The van der Waals surface area contributed by atoms with E-state index in [-0.39, 0.29) is 11.7 Å². The lowest BCUT2D eigenvalue weighted by atomic mass is 10.0. The van der Waals surface area contributed by atoms with Gasteiger partial charge in [0.15, 0.2) is 5.78 Å². The van der Waals surface area contributed by atoms with Gasteiger partial charge in [-0.25, -0.2) is 4.79 Å². The number of esters is 1. The van der Waals surface area contributed by atoms with Gasteiger partial charge in [-0.1, -0.05) is 48.5 Å². The fourth-order valence-electron chi connectivity index (χ4n) is 3.29. The summed E-state index contributed by atoms with van der Waals surface area (Å²) in [5.74, 6) is -0.988. The van der Waals surface area contributed by atoms with E-state index in [1.54, 1.807) is 66.7 Å². The van der Waals surface area contributed by atoms with Crippen LogP contribution in [0.2, 0.25) is 0 Å². The van der Waals surface area contributed by atoms with Crippen molar-refractivity contribution < 1.29 is 19.1 Å². The highest BCUT2D eigenvalue weighted by atomic mass is 16.5. The smallest absolute Gasteiger partial charge is 0.337 e. The molecule has 5 heteroatoms. The third-order valence-corrected chi connectivity index (χ3v) is 4.75. The number of hydrogen-bond donors (Lipinski definition) is 0. The Morgan fingerprint density at radius 1 is 0.759 bits per heavy atom. The van der Waals surface area contributed by atoms with Crippen LogP contribution in [0.4, 0.5) is 0 Å². The zero-order valence-corrected chi connectivity index (χ0v) is 15.7. The van der Waals surface area contributed by atoms with E-state index < -0.39 is 5.97 Å². The third kappa shape index (κ3) is 3.34. The summed E-state index contributed by atoms with van der Waals surface area (Å²) in [6.07, 6.45) is 1.54. The maximum absolute atomic E-state index is 13.1.